The van der Waals surface area contributed by atoms with Crippen molar-refractivity contribution in [2.24, 2.45) is 7.05 Å². The smallest absolute Gasteiger partial charge is 0.270 e. The van der Waals surface area contributed by atoms with Crippen LogP contribution < -0.4 is 0 Å². The number of nitrogens with zero attached hydrogens (tertiary/aromatic N) is 3. The molecule has 0 atom stereocenters. The van der Waals surface area contributed by atoms with Gasteiger partial charge in [-0.2, -0.15) is 0 Å². The molecule has 3 rings (SSSR count). The van der Waals surface area contributed by atoms with Crippen molar-refractivity contribution in [3.63, 3.8) is 0 Å². The Morgan fingerprint density at radius 1 is 0.875 bits per heavy atom. The fraction of sp³-hybridized carbons (Fsp3) is 0.333. The highest BCUT2D eigenvalue weighted by molar-refractivity contribution is 5.95. The topological polar surface area (TPSA) is 45.6 Å². The lowest BCUT2D eigenvalue weighted by atomic mass is 10.1. The average molecular weight is 329 g/mol. The van der Waals surface area contributed by atoms with Crippen molar-refractivity contribution in [3.05, 3.63) is 59.2 Å². The molecule has 1 aliphatic heterocycles. The number of aryl methyl sites for hydroxylation is 1. The molecule has 126 valence electrons. The Hall–Kier alpha value is -2.63. The quantitative estimate of drug-likeness (QED) is 0.847. The van der Waals surface area contributed by atoms with Crippen molar-refractivity contribution in [3.8, 4) is 0 Å². The Kier molecular flexibility index (Phi) is 4.38. The van der Waals surface area contributed by atoms with E-state index < -0.39 is 0 Å². The van der Waals surface area contributed by atoms with E-state index in [4.69, 9.17) is 0 Å². The number of carbonyl (C=O) groups is 2. The molecule has 2 heterocycles. The zero-order chi connectivity index (χ0) is 17.3. The summed E-state index contributed by atoms with van der Waals surface area (Å²) in [6, 6.07) is 9.29. The van der Waals surface area contributed by atoms with Crippen molar-refractivity contribution >= 4 is 11.8 Å². The molecule has 0 bridgehead atoms. The second-order valence-corrected chi connectivity index (χ2v) is 6.01. The maximum absolute atomic E-state index is 13.0. The SMILES string of the molecule is Cc1ccc(C(=O)N2CCN(C(=O)c3ccc(F)cc3)CC2)n1C. The van der Waals surface area contributed by atoms with Crippen LogP contribution in [0, 0.1) is 12.7 Å². The summed E-state index contributed by atoms with van der Waals surface area (Å²) >= 11 is 0. The molecule has 0 N–H and O–H groups in total. The Labute approximate surface area is 140 Å². The number of piperazine rings is 1. The first-order chi connectivity index (χ1) is 11.5. The molecule has 0 unspecified atom stereocenters. The molecule has 0 radical (unpaired) electrons. The summed E-state index contributed by atoms with van der Waals surface area (Å²) in [6.07, 6.45) is 0. The van der Waals surface area contributed by atoms with Crippen LogP contribution in [0.4, 0.5) is 4.39 Å². The molecule has 2 aromatic rings. The van der Waals surface area contributed by atoms with Gasteiger partial charge < -0.3 is 14.4 Å². The minimum Gasteiger partial charge on any atom is -0.344 e. The monoisotopic (exact) mass is 329 g/mol. The molecule has 1 aromatic carbocycles. The van der Waals surface area contributed by atoms with Crippen LogP contribution in [0.1, 0.15) is 26.5 Å². The second kappa shape index (κ2) is 6.47. The molecule has 24 heavy (non-hydrogen) atoms. The fourth-order valence-electron chi connectivity index (χ4n) is 2.88. The van der Waals surface area contributed by atoms with Crippen molar-refractivity contribution in [1.82, 2.24) is 14.4 Å². The summed E-state index contributed by atoms with van der Waals surface area (Å²) in [6.45, 7) is 3.90. The van der Waals surface area contributed by atoms with Gasteiger partial charge in [0.1, 0.15) is 11.5 Å². The molecular formula is C18H20FN3O2. The van der Waals surface area contributed by atoms with Gasteiger partial charge in [0, 0.05) is 44.5 Å². The number of amides is 2. The maximum atomic E-state index is 13.0. The number of carbonyl (C=O) groups excluding carboxylic acids is 2. The molecule has 0 saturated carbocycles. The van der Waals surface area contributed by atoms with Gasteiger partial charge in [0.2, 0.25) is 0 Å². The lowest BCUT2D eigenvalue weighted by Crippen LogP contribution is -2.50. The van der Waals surface area contributed by atoms with Gasteiger partial charge in [0.15, 0.2) is 0 Å². The first kappa shape index (κ1) is 16.2. The lowest BCUT2D eigenvalue weighted by Gasteiger charge is -2.34. The predicted octanol–water partition coefficient (Wildman–Crippen LogP) is 2.07. The Balaban J connectivity index is 1.63. The van der Waals surface area contributed by atoms with Crippen molar-refractivity contribution < 1.29 is 14.0 Å². The summed E-state index contributed by atoms with van der Waals surface area (Å²) in [7, 11) is 1.87. The molecule has 5 nitrogen and oxygen atoms in total. The maximum Gasteiger partial charge on any atom is 0.270 e. The van der Waals surface area contributed by atoms with Gasteiger partial charge in [-0.05, 0) is 43.3 Å². The van der Waals surface area contributed by atoms with Gasteiger partial charge >= 0.3 is 0 Å². The third-order valence-electron chi connectivity index (χ3n) is 4.54. The Morgan fingerprint density at radius 3 is 1.92 bits per heavy atom. The van der Waals surface area contributed by atoms with Crippen LogP contribution in [0.15, 0.2) is 36.4 Å². The summed E-state index contributed by atoms with van der Waals surface area (Å²) in [5, 5.41) is 0. The first-order valence-electron chi connectivity index (χ1n) is 7.94. The van der Waals surface area contributed by atoms with E-state index in [2.05, 4.69) is 0 Å². The minimum absolute atomic E-state index is 0.0144. The molecule has 1 fully saturated rings. The Morgan fingerprint density at radius 2 is 1.42 bits per heavy atom. The highest BCUT2D eigenvalue weighted by Gasteiger charge is 2.26. The number of hydrogen-bond donors (Lipinski definition) is 0. The normalized spacial score (nSPS) is 14.8. The molecule has 1 saturated heterocycles. The lowest BCUT2D eigenvalue weighted by molar-refractivity contribution is 0.0530. The van der Waals surface area contributed by atoms with Gasteiger partial charge in [0.05, 0.1) is 0 Å². The zero-order valence-corrected chi connectivity index (χ0v) is 13.8. The number of rotatable bonds is 2. The van der Waals surface area contributed by atoms with Crippen LogP contribution in [0.2, 0.25) is 0 Å². The van der Waals surface area contributed by atoms with Crippen LogP contribution in [-0.2, 0) is 7.05 Å². The van der Waals surface area contributed by atoms with Crippen molar-refractivity contribution in [2.45, 2.75) is 6.92 Å². The van der Waals surface area contributed by atoms with Crippen molar-refractivity contribution in [2.75, 3.05) is 26.2 Å². The highest BCUT2D eigenvalue weighted by atomic mass is 19.1. The summed E-state index contributed by atoms with van der Waals surface area (Å²) < 4.78 is 14.8. The first-order valence-corrected chi connectivity index (χ1v) is 7.94. The van der Waals surface area contributed by atoms with E-state index >= 15 is 0 Å². The van der Waals surface area contributed by atoms with Crippen LogP contribution in [0.25, 0.3) is 0 Å². The number of halogens is 1. The van der Waals surface area contributed by atoms with Gasteiger partial charge in [-0.15, -0.1) is 0 Å². The van der Waals surface area contributed by atoms with E-state index in [9.17, 15) is 14.0 Å². The van der Waals surface area contributed by atoms with E-state index in [-0.39, 0.29) is 17.6 Å². The average Bonchev–Trinajstić information content (AvgIpc) is 2.94. The molecule has 0 spiro atoms. The van der Waals surface area contributed by atoms with E-state index in [1.807, 2.05) is 30.7 Å². The number of hydrogen-bond acceptors (Lipinski definition) is 2. The van der Waals surface area contributed by atoms with Gasteiger partial charge in [-0.1, -0.05) is 0 Å². The third-order valence-corrected chi connectivity index (χ3v) is 4.54. The summed E-state index contributed by atoms with van der Waals surface area (Å²) in [4.78, 5) is 28.5. The van der Waals surface area contributed by atoms with Crippen LogP contribution in [0.5, 0.6) is 0 Å². The van der Waals surface area contributed by atoms with E-state index in [1.165, 1.54) is 24.3 Å². The van der Waals surface area contributed by atoms with E-state index in [1.54, 1.807) is 9.80 Å². The Bertz CT molecular complexity index is 759. The molecule has 6 heteroatoms. The molecule has 0 aliphatic carbocycles. The summed E-state index contributed by atoms with van der Waals surface area (Å²) in [5.41, 5.74) is 2.16. The molecule has 1 aliphatic rings. The third kappa shape index (κ3) is 3.04. The van der Waals surface area contributed by atoms with Crippen molar-refractivity contribution in [1.29, 1.82) is 0 Å². The molecule has 1 aromatic heterocycles. The van der Waals surface area contributed by atoms with Crippen LogP contribution in [-0.4, -0.2) is 52.4 Å². The fourth-order valence-corrected chi connectivity index (χ4v) is 2.88. The summed E-state index contributed by atoms with van der Waals surface area (Å²) in [5.74, 6) is -0.504. The standard InChI is InChI=1S/C18H20FN3O2/c1-13-3-8-16(20(13)2)18(24)22-11-9-21(10-12-22)17(23)14-4-6-15(19)7-5-14/h3-8H,9-12H2,1-2H3. The molecule has 2 amide bonds. The highest BCUT2D eigenvalue weighted by Crippen LogP contribution is 2.14. The van der Waals surface area contributed by atoms with Gasteiger partial charge in [-0.3, -0.25) is 9.59 Å². The second-order valence-electron chi connectivity index (χ2n) is 6.01. The predicted molar refractivity (Wildman–Crippen MR) is 88.4 cm³/mol. The van der Waals surface area contributed by atoms with Gasteiger partial charge in [0.25, 0.3) is 11.8 Å². The van der Waals surface area contributed by atoms with Crippen LogP contribution >= 0.6 is 0 Å². The zero-order valence-electron chi connectivity index (χ0n) is 13.8. The molecular weight excluding hydrogens is 309 g/mol. The van der Waals surface area contributed by atoms with Crippen LogP contribution in [0.3, 0.4) is 0 Å². The minimum atomic E-state index is -0.361. The number of aromatic nitrogens is 1. The van der Waals surface area contributed by atoms with Gasteiger partial charge in [-0.25, -0.2) is 4.39 Å². The van der Waals surface area contributed by atoms with E-state index in [0.717, 1.165) is 5.69 Å². The largest absolute Gasteiger partial charge is 0.344 e. The number of benzene rings is 1. The van der Waals surface area contributed by atoms with E-state index in [0.29, 0.717) is 37.4 Å².